The Hall–Kier alpha value is -6.93. The molecule has 7 aromatic rings. The minimum absolute atomic E-state index is 0.00724. The average Bonchev–Trinajstić information content (AvgIpc) is 4.26. The summed E-state index contributed by atoms with van der Waals surface area (Å²) in [4.78, 5) is 114. The lowest BCUT2D eigenvalue weighted by atomic mass is 9.99. The maximum atomic E-state index is 13.9. The molecule has 10 N–H and O–H groups in total. The van der Waals surface area contributed by atoms with Gasteiger partial charge < -0.3 is 52.3 Å². The minimum Gasteiger partial charge on any atom is -0.392 e. The Morgan fingerprint density at radius 2 is 1.19 bits per heavy atom. The second-order valence-electron chi connectivity index (χ2n) is 17.7. The summed E-state index contributed by atoms with van der Waals surface area (Å²) >= 11 is 6.67. The number of fused-ring (bicyclic) bond motifs is 11. The molecule has 0 fully saturated rings. The van der Waals surface area contributed by atoms with Gasteiger partial charge in [0.15, 0.2) is 0 Å². The highest BCUT2D eigenvalue weighted by Crippen LogP contribution is 2.38. The number of aromatic nitrogens is 7. The van der Waals surface area contributed by atoms with Crippen LogP contribution in [0, 0.1) is 0 Å². The lowest BCUT2D eigenvalue weighted by Crippen LogP contribution is -2.52. The molecule has 23 nitrogen and oxygen atoms in total. The Morgan fingerprint density at radius 3 is 1.86 bits per heavy atom. The number of allylic oxidation sites excluding steroid dienone is 2. The first-order chi connectivity index (χ1) is 36.6. The normalized spacial score (nSPS) is 18.6. The number of carbonyl (C=O) groups excluding carboxylic acids is 6. The number of nitrogens with one attached hydrogen (secondary N) is 6. The Bertz CT molecular complexity index is 3430. The van der Waals surface area contributed by atoms with E-state index in [9.17, 15) is 49.2 Å². The van der Waals surface area contributed by atoms with E-state index in [1.807, 2.05) is 0 Å². The molecule has 7 aromatic heterocycles. The second-order valence-corrected chi connectivity index (χ2v) is 22.9. The van der Waals surface area contributed by atoms with Crippen LogP contribution in [-0.2, 0) is 9.59 Å². The zero-order valence-corrected chi connectivity index (χ0v) is 46.7. The van der Waals surface area contributed by atoms with E-state index in [0.29, 0.717) is 37.7 Å². The van der Waals surface area contributed by atoms with E-state index in [2.05, 4.69) is 51.8 Å². The van der Waals surface area contributed by atoms with Crippen LogP contribution in [0.15, 0.2) is 62.3 Å². The lowest BCUT2D eigenvalue weighted by molar-refractivity contribution is -0.124. The maximum Gasteiger partial charge on any atom is 0.275 e. The zero-order valence-electron chi connectivity index (χ0n) is 41.8. The summed E-state index contributed by atoms with van der Waals surface area (Å²) in [5.74, 6) is -4.15. The van der Waals surface area contributed by atoms with E-state index in [4.69, 9.17) is 15.0 Å². The van der Waals surface area contributed by atoms with Crippen molar-refractivity contribution in [1.29, 1.82) is 0 Å². The number of thiazole rings is 6. The molecule has 1 aliphatic heterocycles. The summed E-state index contributed by atoms with van der Waals surface area (Å²) in [5, 5.41) is 69.9. The fourth-order valence-electron chi connectivity index (χ4n) is 7.21. The van der Waals surface area contributed by atoms with Crippen LogP contribution < -0.4 is 31.9 Å². The average molecular weight is 1160 g/mol. The van der Waals surface area contributed by atoms with Crippen molar-refractivity contribution in [3.05, 3.63) is 100 Å². The van der Waals surface area contributed by atoms with Gasteiger partial charge in [0.25, 0.3) is 29.5 Å². The summed E-state index contributed by atoms with van der Waals surface area (Å²) < 4.78 is 0. The van der Waals surface area contributed by atoms with E-state index in [1.54, 1.807) is 36.7 Å². The summed E-state index contributed by atoms with van der Waals surface area (Å²) in [6.07, 6.45) is -0.384. The van der Waals surface area contributed by atoms with Gasteiger partial charge >= 0.3 is 0 Å². The number of carbonyl (C=O) groups is 6. The Balaban J connectivity index is 1.15. The molecule has 0 saturated heterocycles. The molecule has 0 radical (unpaired) electrons. The van der Waals surface area contributed by atoms with Crippen LogP contribution in [0.3, 0.4) is 0 Å². The molecule has 1 unspecified atom stereocenters. The molecule has 1 aliphatic rings. The number of aliphatic hydroxyl groups is 4. The van der Waals surface area contributed by atoms with Crippen molar-refractivity contribution in [3.8, 4) is 43.4 Å². The van der Waals surface area contributed by atoms with Crippen LogP contribution in [0.4, 0.5) is 0 Å². The number of rotatable bonds is 10. The predicted octanol–water partition coefficient (Wildman–Crippen LogP) is 4.68. The molecule has 6 atom stereocenters. The molecule has 8 rings (SSSR count). The van der Waals surface area contributed by atoms with Crippen molar-refractivity contribution < 1.29 is 49.2 Å². The third-order valence-electron chi connectivity index (χ3n) is 11.2. The quantitative estimate of drug-likeness (QED) is 0.0831. The number of amides is 6. The van der Waals surface area contributed by atoms with Crippen molar-refractivity contribution >= 4 is 109 Å². The Labute approximate surface area is 462 Å². The van der Waals surface area contributed by atoms with E-state index >= 15 is 0 Å². The fraction of sp³-hybridized carbons (Fsp3) is 0.312. The van der Waals surface area contributed by atoms with Gasteiger partial charge in [0.05, 0.1) is 35.3 Å². The van der Waals surface area contributed by atoms with Crippen LogP contribution in [0.5, 0.6) is 0 Å². The topological polar surface area (TPSA) is 346 Å². The molecule has 8 heterocycles. The largest absolute Gasteiger partial charge is 0.392 e. The first kappa shape index (κ1) is 56.3. The molecule has 77 heavy (non-hydrogen) atoms. The third-order valence-corrected chi connectivity index (χ3v) is 16.5. The molecular weight excluding hydrogens is 1110 g/mol. The van der Waals surface area contributed by atoms with Crippen LogP contribution in [0.2, 0.25) is 0 Å². The summed E-state index contributed by atoms with van der Waals surface area (Å²) in [5.41, 5.74) is 0.232. The highest BCUT2D eigenvalue weighted by Gasteiger charge is 2.35. The van der Waals surface area contributed by atoms with Crippen molar-refractivity contribution in [3.63, 3.8) is 0 Å². The number of pyridine rings is 1. The van der Waals surface area contributed by atoms with Crippen molar-refractivity contribution in [2.24, 2.45) is 0 Å². The van der Waals surface area contributed by atoms with Crippen LogP contribution >= 0.6 is 68.0 Å². The lowest BCUT2D eigenvalue weighted by Gasteiger charge is -2.28. The summed E-state index contributed by atoms with van der Waals surface area (Å²) in [7, 11) is 0. The van der Waals surface area contributed by atoms with Gasteiger partial charge in [0.2, 0.25) is 5.91 Å². The van der Waals surface area contributed by atoms with Gasteiger partial charge in [-0.05, 0) is 60.6 Å². The van der Waals surface area contributed by atoms with E-state index < -0.39 is 77.5 Å². The van der Waals surface area contributed by atoms with Gasteiger partial charge in [0.1, 0.15) is 93.7 Å². The maximum absolute atomic E-state index is 13.9. The zero-order chi connectivity index (χ0) is 55.5. The van der Waals surface area contributed by atoms with E-state index in [-0.39, 0.29) is 61.4 Å². The number of hydrogen-bond acceptors (Lipinski definition) is 23. The number of aliphatic hydroxyl groups excluding tert-OH is 3. The Morgan fingerprint density at radius 1 is 0.649 bits per heavy atom. The van der Waals surface area contributed by atoms with Gasteiger partial charge in [-0.3, -0.25) is 28.8 Å². The first-order valence-corrected chi connectivity index (χ1v) is 28.6. The molecule has 0 saturated carbocycles. The monoisotopic (exact) mass is 1160 g/mol. The molecule has 6 amide bonds. The number of nitrogens with zero attached hydrogens (tertiary/aromatic N) is 7. The van der Waals surface area contributed by atoms with E-state index in [0.717, 1.165) is 56.7 Å². The molecular formula is C48H49N13O10S6. The molecule has 402 valence electrons. The van der Waals surface area contributed by atoms with Crippen LogP contribution in [-0.4, -0.2) is 127 Å². The van der Waals surface area contributed by atoms with Crippen molar-refractivity contribution in [2.45, 2.75) is 90.5 Å². The smallest absolute Gasteiger partial charge is 0.275 e. The predicted molar refractivity (Wildman–Crippen MR) is 292 cm³/mol. The second kappa shape index (κ2) is 23.8. The minimum atomic E-state index is -1.59. The summed E-state index contributed by atoms with van der Waals surface area (Å²) in [6.45, 7) is 10.5. The highest BCUT2D eigenvalue weighted by molar-refractivity contribution is 7.15. The van der Waals surface area contributed by atoms with Crippen LogP contribution in [0.1, 0.15) is 118 Å². The van der Waals surface area contributed by atoms with Gasteiger partial charge in [0, 0.05) is 44.4 Å². The molecule has 0 aliphatic carbocycles. The Kier molecular flexibility index (Phi) is 17.4. The standard InChI is InChI=1S/C48H49N13O10S6/c1-8-23(36(65)49-12-19(3)62)51-37(66)27-15-74-45(56-27)31-18-75-44(58-31)25-11-10-22-34(50-25)26-13-76-46(53-26)33(21(5)64)60-39(68)29-17-77-47(57-29)35(48(6,7)71)61-40(69)30-16-73-43(55-30)24(9-2)52-41(70)32(20(4)63)59-38(67)28-14-72-42(22)54-28/h8-11,13-21,32-33,35,62-64,71H,12H2,1-7H3,(H,49,65)(H,51,66)(H,52,70)(H,59,67)(H,60,68)(H,61,69)/b23-8-,24-9-/t19-,20-,21-,32+,33?,35-/m1/s1. The first-order valence-electron chi connectivity index (χ1n) is 23.3. The van der Waals surface area contributed by atoms with Crippen molar-refractivity contribution in [1.82, 2.24) is 66.8 Å². The van der Waals surface area contributed by atoms with Crippen molar-refractivity contribution in [2.75, 3.05) is 6.54 Å². The van der Waals surface area contributed by atoms with Gasteiger partial charge in [-0.2, -0.15) is 0 Å². The van der Waals surface area contributed by atoms with Gasteiger partial charge in [-0.1, -0.05) is 12.2 Å². The molecule has 0 aromatic carbocycles. The van der Waals surface area contributed by atoms with Gasteiger partial charge in [-0.15, -0.1) is 68.0 Å². The number of hydrogen-bond donors (Lipinski definition) is 10. The third kappa shape index (κ3) is 12.9. The van der Waals surface area contributed by atoms with Crippen LogP contribution in [0.25, 0.3) is 49.1 Å². The van der Waals surface area contributed by atoms with Gasteiger partial charge in [-0.25, -0.2) is 34.9 Å². The fourth-order valence-corrected chi connectivity index (χ4v) is 12.4. The van der Waals surface area contributed by atoms with E-state index in [1.165, 1.54) is 79.6 Å². The summed E-state index contributed by atoms with van der Waals surface area (Å²) in [6, 6.07) is -0.252. The highest BCUT2D eigenvalue weighted by atomic mass is 32.1. The molecule has 29 heteroatoms. The SMILES string of the molecule is C/C=C(\NC(=O)c1csc(-c2csc(-c3ccc4c(n3)-c3csc(n3)C([C@@H](C)O)NC(=O)c3csc(n3)[C@H](C(C)(C)O)NC(=O)c3csc(n3)/C(=C/C)NC(=O)[C@H]([C@@H](C)O)NC(=O)c3csc-4n3)n2)n1)C(=O)NC[C@@H](C)O. The molecule has 0 spiro atoms. The molecule has 8 bridgehead atoms.